The van der Waals surface area contributed by atoms with Crippen LogP contribution in [0.4, 0.5) is 5.69 Å². The van der Waals surface area contributed by atoms with E-state index in [1.165, 1.54) is 11.3 Å². The number of carbonyl (C=O) groups excluding carboxylic acids is 2. The highest BCUT2D eigenvalue weighted by Gasteiger charge is 2.39. The smallest absolute Gasteiger partial charge is 0.349 e. The summed E-state index contributed by atoms with van der Waals surface area (Å²) in [6.07, 6.45) is 0. The molecular formula is C19H10N2O3S. The van der Waals surface area contributed by atoms with E-state index in [0.29, 0.717) is 16.7 Å². The Morgan fingerprint density at radius 3 is 2.28 bits per heavy atom. The molecule has 4 rings (SSSR count). The van der Waals surface area contributed by atoms with E-state index in [4.69, 9.17) is 10.5 Å². The first-order chi connectivity index (χ1) is 12.1. The van der Waals surface area contributed by atoms with E-state index >= 15 is 0 Å². The van der Waals surface area contributed by atoms with Gasteiger partial charge in [-0.1, -0.05) is 36.4 Å². The second-order valence-electron chi connectivity index (χ2n) is 5.42. The van der Waals surface area contributed by atoms with Crippen molar-refractivity contribution < 1.29 is 14.3 Å². The molecular weight excluding hydrogens is 336 g/mol. The molecule has 0 radical (unpaired) electrons. The Kier molecular flexibility index (Phi) is 3.38. The summed E-state index contributed by atoms with van der Waals surface area (Å²) in [5.74, 6) is -1.56. The summed E-state index contributed by atoms with van der Waals surface area (Å²) in [6.45, 7) is 0. The zero-order valence-electron chi connectivity index (χ0n) is 12.8. The fraction of sp³-hybridized carbons (Fsp3) is 0. The van der Waals surface area contributed by atoms with Crippen LogP contribution in [0, 0.1) is 11.3 Å². The van der Waals surface area contributed by atoms with Crippen LogP contribution in [-0.2, 0) is 4.74 Å². The number of ether oxygens (including phenoxy) is 1. The maximum atomic E-state index is 12.3. The number of hydrogen-bond donors (Lipinski definition) is 1. The number of benzene rings is 2. The monoisotopic (exact) mass is 346 g/mol. The molecule has 2 N–H and O–H groups in total. The number of anilines is 1. The molecule has 0 atom stereocenters. The summed E-state index contributed by atoms with van der Waals surface area (Å²) in [5.41, 5.74) is 8.15. The minimum atomic E-state index is -0.781. The SMILES string of the molecule is N#Cc1c(-c2cccs2)c(N)c2c(c1-c1ccccc1)C(=O)OC2=O. The van der Waals surface area contributed by atoms with Gasteiger partial charge >= 0.3 is 11.9 Å². The minimum Gasteiger partial charge on any atom is -0.397 e. The van der Waals surface area contributed by atoms with Crippen LogP contribution < -0.4 is 5.73 Å². The Morgan fingerprint density at radius 2 is 1.64 bits per heavy atom. The average Bonchev–Trinajstić information content (AvgIpc) is 3.24. The number of carbonyl (C=O) groups is 2. The Bertz CT molecular complexity index is 1060. The molecule has 0 unspecified atom stereocenters. The van der Waals surface area contributed by atoms with Crippen molar-refractivity contribution in [2.24, 2.45) is 0 Å². The van der Waals surface area contributed by atoms with Gasteiger partial charge in [-0.2, -0.15) is 5.26 Å². The first kappa shape index (κ1) is 15.1. The van der Waals surface area contributed by atoms with Crippen LogP contribution in [0.15, 0.2) is 47.8 Å². The summed E-state index contributed by atoms with van der Waals surface area (Å²) in [7, 11) is 0. The van der Waals surface area contributed by atoms with Gasteiger partial charge in [0.15, 0.2) is 0 Å². The third-order valence-corrected chi connectivity index (χ3v) is 4.96. The van der Waals surface area contributed by atoms with Crippen molar-refractivity contribution in [3.05, 3.63) is 64.5 Å². The van der Waals surface area contributed by atoms with Crippen molar-refractivity contribution in [1.29, 1.82) is 5.26 Å². The molecule has 0 aliphatic carbocycles. The molecule has 3 aromatic rings. The number of nitrogens with zero attached hydrogens (tertiary/aromatic N) is 1. The van der Waals surface area contributed by atoms with Crippen molar-refractivity contribution in [2.75, 3.05) is 5.73 Å². The molecule has 0 saturated carbocycles. The Hall–Kier alpha value is -3.43. The van der Waals surface area contributed by atoms with E-state index in [9.17, 15) is 14.9 Å². The molecule has 0 spiro atoms. The van der Waals surface area contributed by atoms with Crippen molar-refractivity contribution in [3.8, 4) is 27.6 Å². The van der Waals surface area contributed by atoms with Crippen LogP contribution in [0.2, 0.25) is 0 Å². The van der Waals surface area contributed by atoms with Gasteiger partial charge in [0.25, 0.3) is 0 Å². The van der Waals surface area contributed by atoms with E-state index in [1.54, 1.807) is 24.3 Å². The van der Waals surface area contributed by atoms with Crippen LogP contribution >= 0.6 is 11.3 Å². The molecule has 120 valence electrons. The molecule has 1 aliphatic heterocycles. The highest BCUT2D eigenvalue weighted by molar-refractivity contribution is 7.13. The number of thiophene rings is 1. The molecule has 25 heavy (non-hydrogen) atoms. The van der Waals surface area contributed by atoms with Crippen molar-refractivity contribution in [3.63, 3.8) is 0 Å². The summed E-state index contributed by atoms with van der Waals surface area (Å²) < 4.78 is 4.78. The van der Waals surface area contributed by atoms with E-state index < -0.39 is 11.9 Å². The van der Waals surface area contributed by atoms with Crippen LogP contribution in [0.3, 0.4) is 0 Å². The number of hydrogen-bond acceptors (Lipinski definition) is 6. The average molecular weight is 346 g/mol. The largest absolute Gasteiger partial charge is 0.397 e. The van der Waals surface area contributed by atoms with Crippen molar-refractivity contribution >= 4 is 29.0 Å². The summed E-state index contributed by atoms with van der Waals surface area (Å²) >= 11 is 1.40. The minimum absolute atomic E-state index is 0.0336. The number of nitrogens with two attached hydrogens (primary N) is 1. The van der Waals surface area contributed by atoms with Crippen LogP contribution in [-0.4, -0.2) is 11.9 Å². The van der Waals surface area contributed by atoms with E-state index in [0.717, 1.165) is 4.88 Å². The molecule has 5 nitrogen and oxygen atoms in total. The van der Waals surface area contributed by atoms with Gasteiger partial charge in [0, 0.05) is 16.0 Å². The first-order valence-corrected chi connectivity index (χ1v) is 8.26. The predicted molar refractivity (Wildman–Crippen MR) is 94.1 cm³/mol. The summed E-state index contributed by atoms with van der Waals surface area (Å²) in [4.78, 5) is 25.2. The number of cyclic esters (lactones) is 2. The highest BCUT2D eigenvalue weighted by atomic mass is 32.1. The third-order valence-electron chi connectivity index (χ3n) is 4.07. The molecule has 1 aliphatic rings. The predicted octanol–water partition coefficient (Wildman–Crippen LogP) is 3.85. The molecule has 1 aromatic heterocycles. The normalized spacial score (nSPS) is 12.6. The molecule has 0 bridgehead atoms. The van der Waals surface area contributed by atoms with Gasteiger partial charge in [0.2, 0.25) is 0 Å². The van der Waals surface area contributed by atoms with Crippen molar-refractivity contribution in [2.45, 2.75) is 0 Å². The molecule has 6 heteroatoms. The first-order valence-electron chi connectivity index (χ1n) is 7.38. The van der Waals surface area contributed by atoms with Gasteiger partial charge < -0.3 is 10.5 Å². The second kappa shape index (κ2) is 5.58. The lowest BCUT2D eigenvalue weighted by Gasteiger charge is -2.15. The molecule has 2 aromatic carbocycles. The van der Waals surface area contributed by atoms with Crippen LogP contribution in [0.25, 0.3) is 21.6 Å². The van der Waals surface area contributed by atoms with Gasteiger partial charge in [-0.25, -0.2) is 9.59 Å². The van der Waals surface area contributed by atoms with Gasteiger partial charge in [0.1, 0.15) is 6.07 Å². The van der Waals surface area contributed by atoms with Crippen molar-refractivity contribution in [1.82, 2.24) is 0 Å². The Balaban J connectivity index is 2.21. The maximum absolute atomic E-state index is 12.3. The second-order valence-corrected chi connectivity index (χ2v) is 6.37. The van der Waals surface area contributed by atoms with Gasteiger partial charge in [0.05, 0.1) is 22.4 Å². The third kappa shape index (κ3) is 2.14. The molecule has 0 saturated heterocycles. The standard InChI is InChI=1S/C19H10N2O3S/c20-9-11-13(10-5-2-1-3-6-10)15-16(19(23)24-18(15)22)17(21)14(11)12-7-4-8-25-12/h1-8H,21H2. The van der Waals surface area contributed by atoms with Crippen LogP contribution in [0.1, 0.15) is 26.3 Å². The van der Waals surface area contributed by atoms with E-state index in [2.05, 4.69) is 6.07 Å². The van der Waals surface area contributed by atoms with E-state index in [-0.39, 0.29) is 22.4 Å². The Labute approximate surface area is 146 Å². The zero-order chi connectivity index (χ0) is 17.6. The topological polar surface area (TPSA) is 93.2 Å². The molecule has 2 heterocycles. The quantitative estimate of drug-likeness (QED) is 0.432. The number of esters is 2. The number of rotatable bonds is 2. The van der Waals surface area contributed by atoms with Crippen LogP contribution in [0.5, 0.6) is 0 Å². The van der Waals surface area contributed by atoms with Gasteiger partial charge in [-0.05, 0) is 17.0 Å². The maximum Gasteiger partial charge on any atom is 0.349 e. The molecule has 0 amide bonds. The fourth-order valence-electron chi connectivity index (χ4n) is 3.05. The Morgan fingerprint density at radius 1 is 0.920 bits per heavy atom. The summed E-state index contributed by atoms with van der Waals surface area (Å²) in [6, 6.07) is 14.8. The fourth-order valence-corrected chi connectivity index (χ4v) is 3.84. The lowest BCUT2D eigenvalue weighted by molar-refractivity contribution is 0.0444. The lowest BCUT2D eigenvalue weighted by atomic mass is 9.86. The highest BCUT2D eigenvalue weighted by Crippen LogP contribution is 2.45. The molecule has 0 fully saturated rings. The van der Waals surface area contributed by atoms with Gasteiger partial charge in [-0.3, -0.25) is 0 Å². The number of nitrogen functional groups attached to an aromatic ring is 1. The van der Waals surface area contributed by atoms with Gasteiger partial charge in [-0.15, -0.1) is 11.3 Å². The number of fused-ring (bicyclic) bond motifs is 1. The number of nitriles is 1. The lowest BCUT2D eigenvalue weighted by Crippen LogP contribution is -2.06. The zero-order valence-corrected chi connectivity index (χ0v) is 13.6. The van der Waals surface area contributed by atoms with E-state index in [1.807, 2.05) is 23.6 Å². The summed E-state index contributed by atoms with van der Waals surface area (Å²) in [5, 5.41) is 11.7.